The van der Waals surface area contributed by atoms with Gasteiger partial charge < -0.3 is 9.42 Å². The third-order valence-electron chi connectivity index (χ3n) is 4.17. The summed E-state index contributed by atoms with van der Waals surface area (Å²) in [6.45, 7) is 2.63. The molecule has 0 unspecified atom stereocenters. The minimum Gasteiger partial charge on any atom is -0.358 e. The summed E-state index contributed by atoms with van der Waals surface area (Å²) in [5, 5.41) is 4.14. The largest absolute Gasteiger partial charge is 0.358 e. The number of rotatable bonds is 3. The van der Waals surface area contributed by atoms with Gasteiger partial charge in [0.2, 0.25) is 5.95 Å². The summed E-state index contributed by atoms with van der Waals surface area (Å²) >= 11 is 0. The van der Waals surface area contributed by atoms with E-state index in [1.54, 1.807) is 6.20 Å². The highest BCUT2D eigenvalue weighted by Crippen LogP contribution is 2.35. The molecule has 0 aliphatic carbocycles. The van der Waals surface area contributed by atoms with Crippen molar-refractivity contribution >= 4 is 5.95 Å². The van der Waals surface area contributed by atoms with E-state index in [2.05, 4.69) is 25.0 Å². The van der Waals surface area contributed by atoms with Gasteiger partial charge in [0.05, 0.1) is 11.7 Å². The maximum absolute atomic E-state index is 11.7. The SMILES string of the molecule is Cc1cc(=O)[nH]c(N2CCC[C@H]2c2cc(-c3ccccn3)no2)n1. The number of hydrogen-bond donors (Lipinski definition) is 1. The first-order valence-electron chi connectivity index (χ1n) is 7.93. The van der Waals surface area contributed by atoms with Gasteiger partial charge in [0.15, 0.2) is 5.76 Å². The highest BCUT2D eigenvalue weighted by molar-refractivity contribution is 5.54. The molecule has 0 spiro atoms. The standard InChI is InChI=1S/C17H17N5O2/c1-11-9-16(23)20-17(19-11)22-8-4-6-14(22)15-10-13(21-24-15)12-5-2-3-7-18-12/h2-3,5,7,9-10,14H,4,6,8H2,1H3,(H,19,20,23)/t14-/m0/s1. The lowest BCUT2D eigenvalue weighted by atomic mass is 10.1. The molecule has 0 radical (unpaired) electrons. The lowest BCUT2D eigenvalue weighted by molar-refractivity contribution is 0.362. The number of pyridine rings is 1. The highest BCUT2D eigenvalue weighted by Gasteiger charge is 2.31. The number of hydrogen-bond acceptors (Lipinski definition) is 6. The molecular formula is C17H17N5O2. The van der Waals surface area contributed by atoms with Crippen LogP contribution in [0.3, 0.4) is 0 Å². The molecule has 0 saturated carbocycles. The summed E-state index contributed by atoms with van der Waals surface area (Å²) in [4.78, 5) is 25.4. The number of anilines is 1. The van der Waals surface area contributed by atoms with Crippen molar-refractivity contribution in [2.75, 3.05) is 11.4 Å². The Balaban J connectivity index is 1.66. The number of H-pyrrole nitrogens is 1. The van der Waals surface area contributed by atoms with Crippen LogP contribution in [0.25, 0.3) is 11.4 Å². The van der Waals surface area contributed by atoms with E-state index >= 15 is 0 Å². The molecule has 1 N–H and O–H groups in total. The average molecular weight is 323 g/mol. The van der Waals surface area contributed by atoms with Crippen molar-refractivity contribution in [3.63, 3.8) is 0 Å². The van der Waals surface area contributed by atoms with Crippen molar-refractivity contribution in [1.29, 1.82) is 0 Å². The Morgan fingerprint density at radius 3 is 3.00 bits per heavy atom. The maximum atomic E-state index is 11.7. The molecule has 122 valence electrons. The van der Waals surface area contributed by atoms with Gasteiger partial charge in [0.25, 0.3) is 5.56 Å². The number of nitrogens with one attached hydrogen (secondary N) is 1. The Morgan fingerprint density at radius 2 is 2.21 bits per heavy atom. The molecule has 1 aliphatic rings. The third kappa shape index (κ3) is 2.68. The lowest BCUT2D eigenvalue weighted by Gasteiger charge is -2.23. The molecule has 3 aromatic heterocycles. The van der Waals surface area contributed by atoms with E-state index in [1.165, 1.54) is 6.07 Å². The van der Waals surface area contributed by atoms with Gasteiger partial charge >= 0.3 is 0 Å². The van der Waals surface area contributed by atoms with Gasteiger partial charge in [-0.3, -0.25) is 14.8 Å². The van der Waals surface area contributed by atoms with Crippen LogP contribution in [0.15, 0.2) is 45.8 Å². The Morgan fingerprint density at radius 1 is 1.29 bits per heavy atom. The van der Waals surface area contributed by atoms with Crippen LogP contribution in [-0.4, -0.2) is 26.7 Å². The molecule has 4 rings (SSSR count). The van der Waals surface area contributed by atoms with E-state index in [0.29, 0.717) is 17.3 Å². The minimum absolute atomic E-state index is 0.0138. The van der Waals surface area contributed by atoms with Gasteiger partial charge in [-0.2, -0.15) is 0 Å². The zero-order valence-corrected chi connectivity index (χ0v) is 13.3. The van der Waals surface area contributed by atoms with Crippen molar-refractivity contribution in [2.24, 2.45) is 0 Å². The summed E-state index contributed by atoms with van der Waals surface area (Å²) in [7, 11) is 0. The summed E-state index contributed by atoms with van der Waals surface area (Å²) in [5.41, 5.74) is 2.04. The van der Waals surface area contributed by atoms with E-state index in [9.17, 15) is 4.79 Å². The van der Waals surface area contributed by atoms with Crippen LogP contribution >= 0.6 is 0 Å². The maximum Gasteiger partial charge on any atom is 0.252 e. The van der Waals surface area contributed by atoms with Gasteiger partial charge in [-0.1, -0.05) is 11.2 Å². The summed E-state index contributed by atoms with van der Waals surface area (Å²) < 4.78 is 5.56. The number of aryl methyl sites for hydroxylation is 1. The van der Waals surface area contributed by atoms with Crippen LogP contribution in [0, 0.1) is 6.92 Å². The number of aromatic amines is 1. The smallest absolute Gasteiger partial charge is 0.252 e. The molecule has 24 heavy (non-hydrogen) atoms. The molecule has 0 bridgehead atoms. The van der Waals surface area contributed by atoms with Gasteiger partial charge in [-0.25, -0.2) is 4.98 Å². The second-order valence-corrected chi connectivity index (χ2v) is 5.89. The van der Waals surface area contributed by atoms with Crippen molar-refractivity contribution in [3.8, 4) is 11.4 Å². The van der Waals surface area contributed by atoms with Crippen LogP contribution in [0.2, 0.25) is 0 Å². The quantitative estimate of drug-likeness (QED) is 0.796. The molecule has 1 atom stereocenters. The van der Waals surface area contributed by atoms with Crippen LogP contribution < -0.4 is 10.5 Å². The monoisotopic (exact) mass is 323 g/mol. The molecule has 0 aromatic carbocycles. The predicted octanol–water partition coefficient (Wildman–Crippen LogP) is 2.47. The summed E-state index contributed by atoms with van der Waals surface area (Å²) in [6, 6.07) is 9.10. The molecule has 1 aliphatic heterocycles. The Hall–Kier alpha value is -2.96. The normalized spacial score (nSPS) is 17.4. The summed E-state index contributed by atoms with van der Waals surface area (Å²) in [6.07, 6.45) is 3.66. The van der Waals surface area contributed by atoms with Crippen LogP contribution in [0.5, 0.6) is 0 Å². The van der Waals surface area contributed by atoms with Crippen molar-refractivity contribution < 1.29 is 4.52 Å². The van der Waals surface area contributed by atoms with E-state index in [1.807, 2.05) is 31.2 Å². The van der Waals surface area contributed by atoms with E-state index < -0.39 is 0 Å². The van der Waals surface area contributed by atoms with Crippen molar-refractivity contribution in [1.82, 2.24) is 20.1 Å². The fourth-order valence-corrected chi connectivity index (χ4v) is 3.10. The zero-order chi connectivity index (χ0) is 16.5. The Bertz CT molecular complexity index is 903. The molecule has 1 saturated heterocycles. The first kappa shape index (κ1) is 14.6. The van der Waals surface area contributed by atoms with Gasteiger partial charge in [-0.15, -0.1) is 0 Å². The average Bonchev–Trinajstić information content (AvgIpc) is 3.24. The van der Waals surface area contributed by atoms with Crippen LogP contribution in [0.4, 0.5) is 5.95 Å². The third-order valence-corrected chi connectivity index (χ3v) is 4.17. The van der Waals surface area contributed by atoms with Gasteiger partial charge in [0, 0.05) is 30.6 Å². The zero-order valence-electron chi connectivity index (χ0n) is 13.3. The topological polar surface area (TPSA) is 87.9 Å². The predicted molar refractivity (Wildman–Crippen MR) is 88.6 cm³/mol. The van der Waals surface area contributed by atoms with Gasteiger partial charge in [-0.05, 0) is 31.9 Å². The van der Waals surface area contributed by atoms with Gasteiger partial charge in [0.1, 0.15) is 5.69 Å². The second-order valence-electron chi connectivity index (χ2n) is 5.89. The van der Waals surface area contributed by atoms with Crippen LogP contribution in [-0.2, 0) is 0 Å². The molecule has 1 fully saturated rings. The minimum atomic E-state index is -0.144. The fraction of sp³-hybridized carbons (Fsp3) is 0.294. The molecule has 7 nitrogen and oxygen atoms in total. The van der Waals surface area contributed by atoms with E-state index in [4.69, 9.17) is 4.52 Å². The summed E-state index contributed by atoms with van der Waals surface area (Å²) in [5.74, 6) is 1.34. The first-order valence-corrected chi connectivity index (χ1v) is 7.93. The van der Waals surface area contributed by atoms with Crippen LogP contribution in [0.1, 0.15) is 30.3 Å². The number of nitrogens with zero attached hydrogens (tertiary/aromatic N) is 4. The first-order chi connectivity index (χ1) is 11.7. The second kappa shape index (κ2) is 5.92. The highest BCUT2D eigenvalue weighted by atomic mass is 16.5. The Labute approximate surface area is 138 Å². The fourth-order valence-electron chi connectivity index (χ4n) is 3.10. The molecule has 0 amide bonds. The van der Waals surface area contributed by atoms with Crippen molar-refractivity contribution in [3.05, 3.63) is 58.3 Å². The van der Waals surface area contributed by atoms with Crippen molar-refractivity contribution in [2.45, 2.75) is 25.8 Å². The molecule has 3 aromatic rings. The van der Waals surface area contributed by atoms with E-state index in [0.717, 1.165) is 30.8 Å². The molecular weight excluding hydrogens is 306 g/mol. The lowest BCUT2D eigenvalue weighted by Crippen LogP contribution is -2.27. The Kier molecular flexibility index (Phi) is 3.60. The molecule has 4 heterocycles. The van der Waals surface area contributed by atoms with E-state index in [-0.39, 0.29) is 11.6 Å². The number of aromatic nitrogens is 4. The molecule has 7 heteroatoms.